The molecule has 0 atom stereocenters. The number of carboxylic acid groups (broad SMARTS) is 1. The Labute approximate surface area is 249 Å². The third-order valence-corrected chi connectivity index (χ3v) is 7.01. The molecule has 9 heteroatoms. The molecule has 0 saturated carbocycles. The second-order valence-electron chi connectivity index (χ2n) is 9.76. The fraction of sp³-hybridized carbons (Fsp3) is 0.206. The van der Waals surface area contributed by atoms with E-state index < -0.39 is 5.97 Å². The van der Waals surface area contributed by atoms with E-state index in [0.717, 1.165) is 11.1 Å². The second-order valence-corrected chi connectivity index (χ2v) is 9.76. The Morgan fingerprint density at radius 3 is 2.12 bits per heavy atom. The summed E-state index contributed by atoms with van der Waals surface area (Å²) in [6, 6.07) is 25.2. The van der Waals surface area contributed by atoms with Gasteiger partial charge in [-0.05, 0) is 71.1 Å². The largest absolute Gasteiger partial charge is 0.497 e. The smallest absolute Gasteiger partial charge is 0.305 e. The molecule has 0 spiro atoms. The van der Waals surface area contributed by atoms with E-state index in [1.807, 2.05) is 6.07 Å². The minimum atomic E-state index is -1.02. The highest BCUT2D eigenvalue weighted by molar-refractivity contribution is 6.06. The van der Waals surface area contributed by atoms with Gasteiger partial charge in [-0.2, -0.15) is 0 Å². The molecule has 0 aliphatic heterocycles. The molecule has 4 rings (SSSR count). The van der Waals surface area contributed by atoms with Crippen LogP contribution in [0.15, 0.2) is 91.0 Å². The van der Waals surface area contributed by atoms with E-state index in [1.54, 1.807) is 87.0 Å². The number of hydrogen-bond acceptors (Lipinski definition) is 5. The molecule has 0 aliphatic carbocycles. The van der Waals surface area contributed by atoms with E-state index in [2.05, 4.69) is 5.32 Å². The molecule has 222 valence electrons. The van der Waals surface area contributed by atoms with Crippen molar-refractivity contribution >= 4 is 17.8 Å². The molecule has 43 heavy (non-hydrogen) atoms. The van der Waals surface area contributed by atoms with Crippen LogP contribution in [-0.2, 0) is 17.8 Å². The van der Waals surface area contributed by atoms with Crippen LogP contribution in [0.5, 0.6) is 11.5 Å². The molecule has 2 amide bonds. The molecular formula is C34H33FN2O6. The van der Waals surface area contributed by atoms with Crippen LogP contribution in [0.2, 0.25) is 0 Å². The van der Waals surface area contributed by atoms with Crippen molar-refractivity contribution < 1.29 is 33.4 Å². The van der Waals surface area contributed by atoms with Crippen LogP contribution in [0.4, 0.5) is 4.39 Å². The van der Waals surface area contributed by atoms with Gasteiger partial charge in [0.05, 0.1) is 20.6 Å². The standard InChI is InChI=1S/C34H33FN2O6/c1-42-26-15-16-31(43-2)24(21-26)17-19-37(20-18-32(38)39)34(41)30-10-6-4-8-28(30)27-7-3-5-9-29(27)33(40)36-22-23-11-13-25(35)14-12-23/h3-16,21H,17-20,22H2,1-2H3,(H,36,40)(H,38,39). The minimum Gasteiger partial charge on any atom is -0.497 e. The van der Waals surface area contributed by atoms with Crippen LogP contribution in [0.25, 0.3) is 11.1 Å². The highest BCUT2D eigenvalue weighted by Crippen LogP contribution is 2.29. The number of benzene rings is 4. The van der Waals surface area contributed by atoms with Crippen LogP contribution in [0.3, 0.4) is 0 Å². The lowest BCUT2D eigenvalue weighted by Crippen LogP contribution is -2.35. The van der Waals surface area contributed by atoms with Crippen molar-refractivity contribution in [3.63, 3.8) is 0 Å². The number of aliphatic carboxylic acids is 1. The van der Waals surface area contributed by atoms with Gasteiger partial charge in [0.25, 0.3) is 11.8 Å². The summed E-state index contributed by atoms with van der Waals surface area (Å²) in [5, 5.41) is 12.3. The number of ether oxygens (including phenoxy) is 2. The normalized spacial score (nSPS) is 10.6. The number of carboxylic acids is 1. The predicted octanol–water partition coefficient (Wildman–Crippen LogP) is 5.60. The first kappa shape index (κ1) is 30.8. The topological polar surface area (TPSA) is 105 Å². The average molecular weight is 585 g/mol. The number of halogens is 1. The van der Waals surface area contributed by atoms with Crippen molar-refractivity contribution in [3.05, 3.63) is 119 Å². The van der Waals surface area contributed by atoms with Crippen LogP contribution in [0, 0.1) is 5.82 Å². The Kier molecular flexibility index (Phi) is 10.5. The van der Waals surface area contributed by atoms with Gasteiger partial charge in [0, 0.05) is 30.8 Å². The fourth-order valence-electron chi connectivity index (χ4n) is 4.75. The van der Waals surface area contributed by atoms with Crippen molar-refractivity contribution in [2.45, 2.75) is 19.4 Å². The van der Waals surface area contributed by atoms with Gasteiger partial charge in [0.2, 0.25) is 0 Å². The van der Waals surface area contributed by atoms with Gasteiger partial charge in [-0.15, -0.1) is 0 Å². The number of methoxy groups -OCH3 is 2. The molecule has 0 unspecified atom stereocenters. The maximum Gasteiger partial charge on any atom is 0.305 e. The van der Waals surface area contributed by atoms with Crippen LogP contribution < -0.4 is 14.8 Å². The van der Waals surface area contributed by atoms with Gasteiger partial charge in [0.15, 0.2) is 0 Å². The van der Waals surface area contributed by atoms with E-state index in [9.17, 15) is 23.9 Å². The minimum absolute atomic E-state index is 0.00537. The van der Waals surface area contributed by atoms with Gasteiger partial charge < -0.3 is 24.8 Å². The van der Waals surface area contributed by atoms with E-state index >= 15 is 0 Å². The van der Waals surface area contributed by atoms with Gasteiger partial charge in [-0.25, -0.2) is 4.39 Å². The predicted molar refractivity (Wildman–Crippen MR) is 161 cm³/mol. The number of amides is 2. The summed E-state index contributed by atoms with van der Waals surface area (Å²) in [7, 11) is 3.12. The Hall–Kier alpha value is -5.18. The first-order valence-electron chi connectivity index (χ1n) is 13.7. The van der Waals surface area contributed by atoms with Crippen molar-refractivity contribution in [2.24, 2.45) is 0 Å². The molecule has 0 heterocycles. The fourth-order valence-corrected chi connectivity index (χ4v) is 4.75. The maximum atomic E-state index is 14.0. The van der Waals surface area contributed by atoms with Gasteiger partial charge in [-0.1, -0.05) is 48.5 Å². The molecule has 0 fully saturated rings. The Morgan fingerprint density at radius 2 is 1.47 bits per heavy atom. The number of rotatable bonds is 13. The highest BCUT2D eigenvalue weighted by Gasteiger charge is 2.23. The summed E-state index contributed by atoms with van der Waals surface area (Å²) in [5.41, 5.74) is 3.35. The summed E-state index contributed by atoms with van der Waals surface area (Å²) in [4.78, 5) is 40.3. The summed E-state index contributed by atoms with van der Waals surface area (Å²) in [5.74, 6) is -0.823. The SMILES string of the molecule is COc1ccc(OC)c(CCN(CCC(=O)O)C(=O)c2ccccc2-c2ccccc2C(=O)NCc2ccc(F)cc2)c1. The zero-order chi connectivity index (χ0) is 30.8. The first-order chi connectivity index (χ1) is 20.8. The lowest BCUT2D eigenvalue weighted by molar-refractivity contribution is -0.137. The van der Waals surface area contributed by atoms with Crippen molar-refractivity contribution in [1.29, 1.82) is 0 Å². The summed E-state index contributed by atoms with van der Waals surface area (Å²) < 4.78 is 24.1. The third-order valence-electron chi connectivity index (χ3n) is 7.01. The maximum absolute atomic E-state index is 14.0. The van der Waals surface area contributed by atoms with E-state index in [1.165, 1.54) is 17.0 Å². The molecular weight excluding hydrogens is 551 g/mol. The van der Waals surface area contributed by atoms with E-state index in [-0.39, 0.29) is 43.7 Å². The molecule has 0 saturated heterocycles. The van der Waals surface area contributed by atoms with E-state index in [4.69, 9.17) is 9.47 Å². The average Bonchev–Trinajstić information content (AvgIpc) is 3.03. The number of nitrogens with zero attached hydrogens (tertiary/aromatic N) is 1. The zero-order valence-electron chi connectivity index (χ0n) is 24.0. The molecule has 4 aromatic rings. The highest BCUT2D eigenvalue weighted by atomic mass is 19.1. The van der Waals surface area contributed by atoms with Crippen molar-refractivity contribution in [2.75, 3.05) is 27.3 Å². The molecule has 0 radical (unpaired) electrons. The second kappa shape index (κ2) is 14.6. The Morgan fingerprint density at radius 1 is 0.814 bits per heavy atom. The summed E-state index contributed by atoms with van der Waals surface area (Å²) in [6.45, 7) is 0.420. The Bertz CT molecular complexity index is 1590. The third kappa shape index (κ3) is 7.97. The van der Waals surface area contributed by atoms with Gasteiger partial charge in [0.1, 0.15) is 17.3 Å². The zero-order valence-corrected chi connectivity index (χ0v) is 24.0. The quantitative estimate of drug-likeness (QED) is 0.212. The summed E-state index contributed by atoms with van der Waals surface area (Å²) in [6.07, 6.45) is 0.168. The molecule has 4 aromatic carbocycles. The lowest BCUT2D eigenvalue weighted by Gasteiger charge is -2.24. The molecule has 0 bridgehead atoms. The van der Waals surface area contributed by atoms with Gasteiger partial charge >= 0.3 is 5.97 Å². The lowest BCUT2D eigenvalue weighted by atomic mass is 9.94. The molecule has 2 N–H and O–H groups in total. The molecule has 0 aromatic heterocycles. The van der Waals surface area contributed by atoms with Crippen molar-refractivity contribution in [1.82, 2.24) is 10.2 Å². The number of carbonyl (C=O) groups is 3. The van der Waals surface area contributed by atoms with Gasteiger partial charge in [-0.3, -0.25) is 14.4 Å². The van der Waals surface area contributed by atoms with E-state index in [0.29, 0.717) is 40.2 Å². The van der Waals surface area contributed by atoms with Crippen LogP contribution in [0.1, 0.15) is 38.3 Å². The molecule has 0 aliphatic rings. The molecule has 8 nitrogen and oxygen atoms in total. The number of hydrogen-bond donors (Lipinski definition) is 2. The first-order valence-corrected chi connectivity index (χ1v) is 13.7. The monoisotopic (exact) mass is 584 g/mol. The summed E-state index contributed by atoms with van der Waals surface area (Å²) >= 11 is 0. The van der Waals surface area contributed by atoms with Crippen molar-refractivity contribution in [3.8, 4) is 22.6 Å². The Balaban J connectivity index is 1.62. The number of carbonyl (C=O) groups excluding carboxylic acids is 2. The van der Waals surface area contributed by atoms with Crippen LogP contribution in [-0.4, -0.2) is 55.1 Å². The van der Waals surface area contributed by atoms with Crippen LogP contribution >= 0.6 is 0 Å². The number of nitrogens with one attached hydrogen (secondary N) is 1.